The molecule has 1 rings (SSSR count). The van der Waals surface area contributed by atoms with Gasteiger partial charge in [-0.1, -0.05) is 12.1 Å². The topological polar surface area (TPSA) is 66.4 Å². The third-order valence-electron chi connectivity index (χ3n) is 2.52. The molecule has 1 aromatic carbocycles. The quantitative estimate of drug-likeness (QED) is 0.757. The smallest absolute Gasteiger partial charge is 0.326 e. The average Bonchev–Trinajstić information content (AvgIpc) is 2.42. The fraction of sp³-hybridized carbons (Fsp3) is 0.286. The summed E-state index contributed by atoms with van der Waals surface area (Å²) in [5, 5.41) is 11.4. The Balaban J connectivity index is 2.56. The molecule has 0 aromatic heterocycles. The van der Waals surface area contributed by atoms with Crippen LogP contribution >= 0.6 is 11.8 Å². The molecule has 2 N–H and O–H groups in total. The molecule has 1 amide bonds. The van der Waals surface area contributed by atoms with Crippen LogP contribution in [0.5, 0.6) is 0 Å². The first-order chi connectivity index (χ1) is 9.52. The van der Waals surface area contributed by atoms with E-state index in [9.17, 15) is 14.0 Å². The molecule has 1 unspecified atom stereocenters. The average molecular weight is 297 g/mol. The molecule has 20 heavy (non-hydrogen) atoms. The van der Waals surface area contributed by atoms with E-state index in [2.05, 4.69) is 5.32 Å². The van der Waals surface area contributed by atoms with E-state index in [4.69, 9.17) is 5.11 Å². The lowest BCUT2D eigenvalue weighted by Gasteiger charge is -2.12. The maximum atomic E-state index is 12.7. The lowest BCUT2D eigenvalue weighted by Crippen LogP contribution is -2.40. The second-order valence-electron chi connectivity index (χ2n) is 4.07. The third kappa shape index (κ3) is 5.88. The first-order valence-corrected chi connectivity index (χ1v) is 7.38. The molecule has 0 aliphatic heterocycles. The Kier molecular flexibility index (Phi) is 6.79. The number of amides is 1. The van der Waals surface area contributed by atoms with Crippen LogP contribution in [0.3, 0.4) is 0 Å². The predicted molar refractivity (Wildman–Crippen MR) is 78.0 cm³/mol. The molecule has 0 spiro atoms. The Labute approximate surface area is 121 Å². The van der Waals surface area contributed by atoms with Gasteiger partial charge in [-0.15, -0.1) is 0 Å². The van der Waals surface area contributed by atoms with Crippen molar-refractivity contribution >= 4 is 29.7 Å². The molecule has 1 atom stereocenters. The number of aliphatic carboxylic acids is 1. The van der Waals surface area contributed by atoms with Gasteiger partial charge in [-0.2, -0.15) is 11.8 Å². The van der Waals surface area contributed by atoms with Crippen LogP contribution in [0.2, 0.25) is 0 Å². The van der Waals surface area contributed by atoms with Gasteiger partial charge in [0.05, 0.1) is 0 Å². The zero-order valence-corrected chi connectivity index (χ0v) is 11.8. The summed E-state index contributed by atoms with van der Waals surface area (Å²) in [4.78, 5) is 22.6. The van der Waals surface area contributed by atoms with Gasteiger partial charge in [0, 0.05) is 6.08 Å². The second kappa shape index (κ2) is 8.37. The van der Waals surface area contributed by atoms with Gasteiger partial charge >= 0.3 is 5.97 Å². The Morgan fingerprint density at radius 3 is 2.60 bits per heavy atom. The Bertz CT molecular complexity index is 488. The molecular formula is C14H16FNO3S. The van der Waals surface area contributed by atoms with Crippen molar-refractivity contribution in [3.05, 3.63) is 41.7 Å². The van der Waals surface area contributed by atoms with Crippen LogP contribution in [0.1, 0.15) is 12.0 Å². The van der Waals surface area contributed by atoms with Gasteiger partial charge in [0.25, 0.3) is 0 Å². The van der Waals surface area contributed by atoms with Gasteiger partial charge in [-0.25, -0.2) is 9.18 Å². The highest BCUT2D eigenvalue weighted by molar-refractivity contribution is 7.98. The Morgan fingerprint density at radius 1 is 1.40 bits per heavy atom. The number of hydrogen-bond acceptors (Lipinski definition) is 3. The number of thioether (sulfide) groups is 1. The molecule has 4 nitrogen and oxygen atoms in total. The van der Waals surface area contributed by atoms with Crippen LogP contribution in [0, 0.1) is 5.82 Å². The van der Waals surface area contributed by atoms with Crippen molar-refractivity contribution in [1.82, 2.24) is 5.32 Å². The molecule has 0 bridgehead atoms. The van der Waals surface area contributed by atoms with Crippen molar-refractivity contribution in [1.29, 1.82) is 0 Å². The summed E-state index contributed by atoms with van der Waals surface area (Å²) < 4.78 is 12.7. The number of carboxylic acids is 1. The number of carboxylic acid groups (broad SMARTS) is 1. The maximum Gasteiger partial charge on any atom is 0.326 e. The van der Waals surface area contributed by atoms with E-state index in [0.717, 1.165) is 0 Å². The molecule has 0 heterocycles. The molecule has 6 heteroatoms. The predicted octanol–water partition coefficient (Wildman–Crippen LogP) is 2.16. The van der Waals surface area contributed by atoms with Crippen molar-refractivity contribution in [2.45, 2.75) is 12.5 Å². The van der Waals surface area contributed by atoms with E-state index in [1.54, 1.807) is 0 Å². The van der Waals surface area contributed by atoms with Gasteiger partial charge in [0.2, 0.25) is 5.91 Å². The standard InChI is InChI=1S/C14H16FNO3S/c1-20-9-8-12(14(18)19)16-13(17)7-4-10-2-5-11(15)6-3-10/h2-7,12H,8-9H2,1H3,(H,16,17)(H,18,19)/b7-4+. The summed E-state index contributed by atoms with van der Waals surface area (Å²) in [6, 6.07) is 4.74. The SMILES string of the molecule is CSCCC(NC(=O)/C=C/c1ccc(F)cc1)C(=O)O. The minimum absolute atomic E-state index is 0.352. The minimum atomic E-state index is -1.05. The Morgan fingerprint density at radius 2 is 2.05 bits per heavy atom. The fourth-order valence-electron chi connectivity index (χ4n) is 1.46. The monoisotopic (exact) mass is 297 g/mol. The highest BCUT2D eigenvalue weighted by Gasteiger charge is 2.17. The number of halogens is 1. The largest absolute Gasteiger partial charge is 0.480 e. The first-order valence-electron chi connectivity index (χ1n) is 5.99. The van der Waals surface area contributed by atoms with E-state index in [0.29, 0.717) is 17.7 Å². The van der Waals surface area contributed by atoms with Gasteiger partial charge in [-0.3, -0.25) is 4.79 Å². The second-order valence-corrected chi connectivity index (χ2v) is 5.05. The summed E-state index contributed by atoms with van der Waals surface area (Å²) in [6.45, 7) is 0. The molecule has 0 radical (unpaired) electrons. The molecule has 0 saturated heterocycles. The minimum Gasteiger partial charge on any atom is -0.480 e. The number of hydrogen-bond donors (Lipinski definition) is 2. The van der Waals surface area contributed by atoms with Gasteiger partial charge in [0.1, 0.15) is 11.9 Å². The molecule has 0 fully saturated rings. The normalized spacial score (nSPS) is 12.3. The van der Waals surface area contributed by atoms with E-state index < -0.39 is 17.9 Å². The third-order valence-corrected chi connectivity index (χ3v) is 3.17. The van der Waals surface area contributed by atoms with E-state index in [1.165, 1.54) is 48.2 Å². The first kappa shape index (κ1) is 16.2. The number of benzene rings is 1. The van der Waals surface area contributed by atoms with Crippen LogP contribution in [0.4, 0.5) is 4.39 Å². The molecule has 1 aromatic rings. The van der Waals surface area contributed by atoms with E-state index in [1.807, 2.05) is 6.26 Å². The molecule has 108 valence electrons. The van der Waals surface area contributed by atoms with Crippen molar-refractivity contribution in [2.24, 2.45) is 0 Å². The number of carbonyl (C=O) groups is 2. The van der Waals surface area contributed by atoms with Crippen molar-refractivity contribution in [3.63, 3.8) is 0 Å². The molecular weight excluding hydrogens is 281 g/mol. The summed E-state index contributed by atoms with van der Waals surface area (Å²) in [7, 11) is 0. The van der Waals surface area contributed by atoms with Crippen LogP contribution in [-0.2, 0) is 9.59 Å². The summed E-state index contributed by atoms with van der Waals surface area (Å²) in [6.07, 6.45) is 4.98. The Hall–Kier alpha value is -1.82. The molecule has 0 aliphatic rings. The molecule has 0 saturated carbocycles. The van der Waals surface area contributed by atoms with Crippen LogP contribution in [0.15, 0.2) is 30.3 Å². The number of rotatable bonds is 7. The summed E-state index contributed by atoms with van der Waals surface area (Å²) >= 11 is 1.52. The zero-order chi connectivity index (χ0) is 15.0. The lowest BCUT2D eigenvalue weighted by atomic mass is 10.2. The van der Waals surface area contributed by atoms with Gasteiger partial charge in [-0.05, 0) is 42.2 Å². The van der Waals surface area contributed by atoms with Gasteiger partial charge in [0.15, 0.2) is 0 Å². The van der Waals surface area contributed by atoms with E-state index >= 15 is 0 Å². The van der Waals surface area contributed by atoms with Gasteiger partial charge < -0.3 is 10.4 Å². The fourth-order valence-corrected chi connectivity index (χ4v) is 1.93. The highest BCUT2D eigenvalue weighted by atomic mass is 32.2. The van der Waals surface area contributed by atoms with E-state index in [-0.39, 0.29) is 5.82 Å². The van der Waals surface area contributed by atoms with Crippen LogP contribution in [-0.4, -0.2) is 35.0 Å². The van der Waals surface area contributed by atoms with Crippen LogP contribution < -0.4 is 5.32 Å². The van der Waals surface area contributed by atoms with Crippen molar-refractivity contribution in [2.75, 3.05) is 12.0 Å². The zero-order valence-electron chi connectivity index (χ0n) is 11.0. The molecule has 0 aliphatic carbocycles. The number of nitrogens with one attached hydrogen (secondary N) is 1. The highest BCUT2D eigenvalue weighted by Crippen LogP contribution is 2.05. The van der Waals surface area contributed by atoms with Crippen LogP contribution in [0.25, 0.3) is 6.08 Å². The summed E-state index contributed by atoms with van der Waals surface area (Å²) in [5.41, 5.74) is 0.664. The van der Waals surface area contributed by atoms with Crippen molar-refractivity contribution in [3.8, 4) is 0 Å². The number of carbonyl (C=O) groups excluding carboxylic acids is 1. The lowest BCUT2D eigenvalue weighted by molar-refractivity contribution is -0.141. The summed E-state index contributed by atoms with van der Waals surface area (Å²) in [5.74, 6) is -1.24. The maximum absolute atomic E-state index is 12.7. The van der Waals surface area contributed by atoms with Crippen molar-refractivity contribution < 1.29 is 19.1 Å².